The van der Waals surface area contributed by atoms with Gasteiger partial charge in [-0.1, -0.05) is 0 Å². The lowest BCUT2D eigenvalue weighted by atomic mass is 9.95. The number of hydrogen-bond acceptors (Lipinski definition) is 2. The summed E-state index contributed by atoms with van der Waals surface area (Å²) in [6.45, 7) is 5.51. The molecule has 2 atom stereocenters. The third kappa shape index (κ3) is 1.73. The summed E-state index contributed by atoms with van der Waals surface area (Å²) in [6, 6.07) is 2.75. The van der Waals surface area contributed by atoms with E-state index in [1.54, 1.807) is 0 Å². The standard InChI is InChI=1S/C11H16N2/c1-8-3-4-12-7-11(8)10-5-9(2)13-6-10/h3-4,7,9-10,13H,5-6H2,1-2H3. The molecule has 0 aliphatic carbocycles. The van der Waals surface area contributed by atoms with Gasteiger partial charge in [0.2, 0.25) is 0 Å². The van der Waals surface area contributed by atoms with E-state index >= 15 is 0 Å². The second-order valence-electron chi connectivity index (χ2n) is 3.97. The Kier molecular flexibility index (Phi) is 2.32. The minimum atomic E-state index is 0.657. The van der Waals surface area contributed by atoms with E-state index < -0.39 is 0 Å². The molecule has 0 aromatic carbocycles. The maximum atomic E-state index is 4.19. The summed E-state index contributed by atoms with van der Waals surface area (Å²) in [7, 11) is 0. The molecule has 0 saturated carbocycles. The van der Waals surface area contributed by atoms with Crippen LogP contribution in [0.3, 0.4) is 0 Å². The number of nitrogens with zero attached hydrogens (tertiary/aromatic N) is 1. The Labute approximate surface area is 79.4 Å². The van der Waals surface area contributed by atoms with Crippen LogP contribution in [0.15, 0.2) is 18.5 Å². The van der Waals surface area contributed by atoms with Crippen LogP contribution in [0.5, 0.6) is 0 Å². The molecule has 1 aromatic rings. The van der Waals surface area contributed by atoms with Crippen LogP contribution >= 0.6 is 0 Å². The first-order valence-corrected chi connectivity index (χ1v) is 4.91. The van der Waals surface area contributed by atoms with E-state index in [0.29, 0.717) is 12.0 Å². The van der Waals surface area contributed by atoms with E-state index in [1.165, 1.54) is 17.5 Å². The molecule has 70 valence electrons. The van der Waals surface area contributed by atoms with E-state index in [1.807, 2.05) is 12.4 Å². The highest BCUT2D eigenvalue weighted by Crippen LogP contribution is 2.26. The highest BCUT2D eigenvalue weighted by atomic mass is 14.9. The van der Waals surface area contributed by atoms with Gasteiger partial charge in [0.1, 0.15) is 0 Å². The smallest absolute Gasteiger partial charge is 0.0305 e. The fourth-order valence-corrected chi connectivity index (χ4v) is 2.08. The molecule has 0 spiro atoms. The monoisotopic (exact) mass is 176 g/mol. The van der Waals surface area contributed by atoms with Crippen molar-refractivity contribution in [1.82, 2.24) is 10.3 Å². The van der Waals surface area contributed by atoms with Gasteiger partial charge >= 0.3 is 0 Å². The Morgan fingerprint density at radius 3 is 3.00 bits per heavy atom. The van der Waals surface area contributed by atoms with Crippen LogP contribution in [0.2, 0.25) is 0 Å². The normalized spacial score (nSPS) is 27.8. The number of rotatable bonds is 1. The quantitative estimate of drug-likeness (QED) is 0.706. The molecule has 0 amide bonds. The van der Waals surface area contributed by atoms with E-state index in [2.05, 4.69) is 30.2 Å². The minimum absolute atomic E-state index is 0.657. The van der Waals surface area contributed by atoms with E-state index in [0.717, 1.165) is 6.54 Å². The highest BCUT2D eigenvalue weighted by Gasteiger charge is 2.23. The third-order valence-corrected chi connectivity index (χ3v) is 2.87. The number of aryl methyl sites for hydroxylation is 1. The van der Waals surface area contributed by atoms with Crippen LogP contribution in [0.25, 0.3) is 0 Å². The molecular formula is C11H16N2. The first kappa shape index (κ1) is 8.70. The second-order valence-corrected chi connectivity index (χ2v) is 3.97. The molecule has 13 heavy (non-hydrogen) atoms. The average molecular weight is 176 g/mol. The van der Waals surface area contributed by atoms with Crippen LogP contribution < -0.4 is 5.32 Å². The van der Waals surface area contributed by atoms with Crippen molar-refractivity contribution in [2.45, 2.75) is 32.2 Å². The third-order valence-electron chi connectivity index (χ3n) is 2.87. The van der Waals surface area contributed by atoms with Gasteiger partial charge in [-0.15, -0.1) is 0 Å². The average Bonchev–Trinajstić information content (AvgIpc) is 2.53. The number of nitrogens with one attached hydrogen (secondary N) is 1. The summed E-state index contributed by atoms with van der Waals surface area (Å²) in [6.07, 6.45) is 5.12. The van der Waals surface area contributed by atoms with Crippen molar-refractivity contribution in [2.75, 3.05) is 6.54 Å². The molecule has 2 heterocycles. The summed E-state index contributed by atoms with van der Waals surface area (Å²) in [5, 5.41) is 3.47. The van der Waals surface area contributed by atoms with Crippen molar-refractivity contribution in [1.29, 1.82) is 0 Å². The van der Waals surface area contributed by atoms with Crippen molar-refractivity contribution in [3.8, 4) is 0 Å². The Bertz CT molecular complexity index is 296. The summed E-state index contributed by atoms with van der Waals surface area (Å²) in [5.41, 5.74) is 2.79. The Hall–Kier alpha value is -0.890. The molecule has 1 aromatic heterocycles. The fourth-order valence-electron chi connectivity index (χ4n) is 2.08. The number of aromatic nitrogens is 1. The van der Waals surface area contributed by atoms with Gasteiger partial charge in [0, 0.05) is 25.0 Å². The van der Waals surface area contributed by atoms with Crippen molar-refractivity contribution >= 4 is 0 Å². The maximum absolute atomic E-state index is 4.19. The Balaban J connectivity index is 2.21. The second kappa shape index (κ2) is 3.46. The largest absolute Gasteiger partial charge is 0.314 e. The zero-order chi connectivity index (χ0) is 9.26. The molecule has 1 aliphatic rings. The van der Waals surface area contributed by atoms with Gasteiger partial charge in [0.25, 0.3) is 0 Å². The van der Waals surface area contributed by atoms with Gasteiger partial charge in [0.15, 0.2) is 0 Å². The molecule has 2 heteroatoms. The van der Waals surface area contributed by atoms with Crippen LogP contribution in [-0.4, -0.2) is 17.6 Å². The molecule has 2 nitrogen and oxygen atoms in total. The van der Waals surface area contributed by atoms with Gasteiger partial charge < -0.3 is 5.32 Å². The lowest BCUT2D eigenvalue weighted by molar-refractivity contribution is 0.658. The molecule has 1 aliphatic heterocycles. The first-order valence-electron chi connectivity index (χ1n) is 4.91. The van der Waals surface area contributed by atoms with Crippen LogP contribution in [0.1, 0.15) is 30.4 Å². The van der Waals surface area contributed by atoms with Gasteiger partial charge in [-0.05, 0) is 43.4 Å². The van der Waals surface area contributed by atoms with Crippen molar-refractivity contribution in [2.24, 2.45) is 0 Å². The topological polar surface area (TPSA) is 24.9 Å². The van der Waals surface area contributed by atoms with Crippen LogP contribution in [-0.2, 0) is 0 Å². The Morgan fingerprint density at radius 1 is 1.54 bits per heavy atom. The molecule has 1 N–H and O–H groups in total. The number of pyridine rings is 1. The van der Waals surface area contributed by atoms with E-state index in [-0.39, 0.29) is 0 Å². The van der Waals surface area contributed by atoms with Gasteiger partial charge in [-0.2, -0.15) is 0 Å². The fraction of sp³-hybridized carbons (Fsp3) is 0.545. The predicted octanol–water partition coefficient (Wildman–Crippen LogP) is 1.86. The summed E-state index contributed by atoms with van der Waals surface area (Å²) < 4.78 is 0. The molecular weight excluding hydrogens is 160 g/mol. The first-order chi connectivity index (χ1) is 6.27. The van der Waals surface area contributed by atoms with Gasteiger partial charge in [-0.25, -0.2) is 0 Å². The SMILES string of the molecule is Cc1ccncc1C1CNC(C)C1. The van der Waals surface area contributed by atoms with Crippen molar-refractivity contribution in [3.63, 3.8) is 0 Å². The molecule has 0 bridgehead atoms. The number of hydrogen-bond donors (Lipinski definition) is 1. The summed E-state index contributed by atoms with van der Waals surface area (Å²) in [5.74, 6) is 0.670. The molecule has 2 unspecified atom stereocenters. The molecule has 1 fully saturated rings. The van der Waals surface area contributed by atoms with Crippen LogP contribution in [0, 0.1) is 6.92 Å². The van der Waals surface area contributed by atoms with Gasteiger partial charge in [0.05, 0.1) is 0 Å². The molecule has 0 radical (unpaired) electrons. The zero-order valence-corrected chi connectivity index (χ0v) is 8.25. The van der Waals surface area contributed by atoms with Crippen molar-refractivity contribution in [3.05, 3.63) is 29.6 Å². The minimum Gasteiger partial charge on any atom is -0.314 e. The van der Waals surface area contributed by atoms with E-state index in [4.69, 9.17) is 0 Å². The molecule has 2 rings (SSSR count). The lowest BCUT2D eigenvalue weighted by Crippen LogP contribution is -2.16. The van der Waals surface area contributed by atoms with E-state index in [9.17, 15) is 0 Å². The lowest BCUT2D eigenvalue weighted by Gasteiger charge is -2.10. The zero-order valence-electron chi connectivity index (χ0n) is 8.25. The van der Waals surface area contributed by atoms with Gasteiger partial charge in [-0.3, -0.25) is 4.98 Å². The highest BCUT2D eigenvalue weighted by molar-refractivity contribution is 5.27. The molecule has 1 saturated heterocycles. The van der Waals surface area contributed by atoms with Crippen LogP contribution in [0.4, 0.5) is 0 Å². The maximum Gasteiger partial charge on any atom is 0.0305 e. The predicted molar refractivity (Wildman–Crippen MR) is 53.8 cm³/mol. The summed E-state index contributed by atoms with van der Waals surface area (Å²) in [4.78, 5) is 4.19. The van der Waals surface area contributed by atoms with Crippen molar-refractivity contribution < 1.29 is 0 Å². The Morgan fingerprint density at radius 2 is 2.38 bits per heavy atom. The summed E-state index contributed by atoms with van der Waals surface area (Å²) >= 11 is 0.